The summed E-state index contributed by atoms with van der Waals surface area (Å²) >= 11 is 0. The zero-order valence-corrected chi connectivity index (χ0v) is 7.31. The van der Waals surface area contributed by atoms with Crippen LogP contribution in [0.1, 0.15) is 6.92 Å². The van der Waals surface area contributed by atoms with E-state index in [4.69, 9.17) is 4.74 Å². The quantitative estimate of drug-likeness (QED) is 0.562. The number of ether oxygens (including phenoxy) is 1. The van der Waals surface area contributed by atoms with E-state index in [1.807, 2.05) is 6.92 Å². The Morgan fingerprint density at radius 2 is 2.27 bits per heavy atom. The van der Waals surface area contributed by atoms with Crippen LogP contribution in [0.5, 0.6) is 0 Å². The lowest BCUT2D eigenvalue weighted by molar-refractivity contribution is -0.121. The summed E-state index contributed by atoms with van der Waals surface area (Å²) in [5.41, 5.74) is 0. The average Bonchev–Trinajstić information content (AvgIpc) is 1.87. The maximum absolute atomic E-state index is 10.9. The first-order chi connectivity index (χ1) is 5.20. The number of nitrogens with one attached hydrogen (secondary N) is 2. The molecule has 11 heavy (non-hydrogen) atoms. The van der Waals surface area contributed by atoms with Gasteiger partial charge in [-0.25, -0.2) is 0 Å². The van der Waals surface area contributed by atoms with Gasteiger partial charge in [0, 0.05) is 13.2 Å². The molecule has 0 spiro atoms. The molecular weight excluding hydrogens is 144 g/mol. The standard InChI is InChI=1S/C7H16N2O2/c1-6(5-11-3)9-7(10)4-8-2/h6,8H,4-5H2,1-3H3,(H,9,10). The highest BCUT2D eigenvalue weighted by Crippen LogP contribution is 1.80. The summed E-state index contributed by atoms with van der Waals surface area (Å²) in [5, 5.41) is 5.52. The third-order valence-electron chi connectivity index (χ3n) is 1.16. The Morgan fingerprint density at radius 3 is 2.73 bits per heavy atom. The number of hydrogen-bond donors (Lipinski definition) is 2. The van der Waals surface area contributed by atoms with Crippen molar-refractivity contribution in [3.8, 4) is 0 Å². The second kappa shape index (κ2) is 6.12. The number of rotatable bonds is 5. The molecule has 2 N–H and O–H groups in total. The molecule has 0 aromatic heterocycles. The van der Waals surface area contributed by atoms with Crippen molar-refractivity contribution in [1.82, 2.24) is 10.6 Å². The number of hydrogen-bond acceptors (Lipinski definition) is 3. The van der Waals surface area contributed by atoms with Crippen molar-refractivity contribution in [1.29, 1.82) is 0 Å². The van der Waals surface area contributed by atoms with Crippen LogP contribution < -0.4 is 10.6 Å². The minimum Gasteiger partial charge on any atom is -0.383 e. The topological polar surface area (TPSA) is 50.4 Å². The first-order valence-electron chi connectivity index (χ1n) is 3.63. The Morgan fingerprint density at radius 1 is 1.64 bits per heavy atom. The molecule has 0 aliphatic carbocycles. The van der Waals surface area contributed by atoms with Crippen LogP contribution in [-0.4, -0.2) is 39.3 Å². The van der Waals surface area contributed by atoms with Gasteiger partial charge in [0.15, 0.2) is 0 Å². The Labute approximate surface area is 67.3 Å². The number of methoxy groups -OCH3 is 1. The monoisotopic (exact) mass is 160 g/mol. The second-order valence-corrected chi connectivity index (χ2v) is 2.45. The van der Waals surface area contributed by atoms with Crippen LogP contribution in [0.25, 0.3) is 0 Å². The van der Waals surface area contributed by atoms with E-state index in [-0.39, 0.29) is 11.9 Å². The van der Waals surface area contributed by atoms with Gasteiger partial charge in [0.2, 0.25) is 5.91 Å². The van der Waals surface area contributed by atoms with E-state index in [0.717, 1.165) is 0 Å². The fourth-order valence-corrected chi connectivity index (χ4v) is 0.778. The molecule has 1 atom stereocenters. The molecule has 66 valence electrons. The van der Waals surface area contributed by atoms with Crippen LogP contribution >= 0.6 is 0 Å². The van der Waals surface area contributed by atoms with Gasteiger partial charge in [-0.05, 0) is 14.0 Å². The molecule has 0 fully saturated rings. The fraction of sp³-hybridized carbons (Fsp3) is 0.857. The molecule has 0 radical (unpaired) electrons. The molecule has 0 saturated heterocycles. The van der Waals surface area contributed by atoms with Gasteiger partial charge < -0.3 is 15.4 Å². The van der Waals surface area contributed by atoms with Crippen molar-refractivity contribution >= 4 is 5.91 Å². The molecule has 4 heteroatoms. The van der Waals surface area contributed by atoms with Gasteiger partial charge in [0.05, 0.1) is 13.2 Å². The Bertz CT molecular complexity index is 117. The van der Waals surface area contributed by atoms with E-state index < -0.39 is 0 Å². The van der Waals surface area contributed by atoms with Crippen LogP contribution in [-0.2, 0) is 9.53 Å². The van der Waals surface area contributed by atoms with Crippen molar-refractivity contribution in [2.24, 2.45) is 0 Å². The first-order valence-corrected chi connectivity index (χ1v) is 3.63. The highest BCUT2D eigenvalue weighted by molar-refractivity contribution is 5.78. The predicted octanol–water partition coefficient (Wildman–Crippen LogP) is -0.643. The van der Waals surface area contributed by atoms with Crippen molar-refractivity contribution in [2.75, 3.05) is 27.3 Å². The van der Waals surface area contributed by atoms with Gasteiger partial charge in [-0.15, -0.1) is 0 Å². The molecule has 1 amide bonds. The summed E-state index contributed by atoms with van der Waals surface area (Å²) in [4.78, 5) is 10.9. The minimum atomic E-state index is -0.00273. The SMILES string of the molecule is CNCC(=O)NC(C)COC. The van der Waals surface area contributed by atoms with Crippen molar-refractivity contribution in [2.45, 2.75) is 13.0 Å². The van der Waals surface area contributed by atoms with Gasteiger partial charge >= 0.3 is 0 Å². The van der Waals surface area contributed by atoms with Crippen LogP contribution in [0.2, 0.25) is 0 Å². The zero-order valence-electron chi connectivity index (χ0n) is 7.31. The normalized spacial score (nSPS) is 12.6. The highest BCUT2D eigenvalue weighted by atomic mass is 16.5. The van der Waals surface area contributed by atoms with Crippen molar-refractivity contribution in [3.63, 3.8) is 0 Å². The maximum Gasteiger partial charge on any atom is 0.234 e. The van der Waals surface area contributed by atoms with Gasteiger partial charge in [-0.2, -0.15) is 0 Å². The van der Waals surface area contributed by atoms with Crippen molar-refractivity contribution < 1.29 is 9.53 Å². The third kappa shape index (κ3) is 5.82. The van der Waals surface area contributed by atoms with E-state index in [1.165, 1.54) is 0 Å². The van der Waals surface area contributed by atoms with Gasteiger partial charge in [-0.3, -0.25) is 4.79 Å². The molecule has 0 aromatic rings. The summed E-state index contributed by atoms with van der Waals surface area (Å²) in [6.45, 7) is 2.81. The van der Waals surface area contributed by atoms with E-state index >= 15 is 0 Å². The number of carbonyl (C=O) groups excluding carboxylic acids is 1. The molecule has 0 bridgehead atoms. The Hall–Kier alpha value is -0.610. The molecule has 1 unspecified atom stereocenters. The minimum absolute atomic E-state index is 0.00273. The molecule has 0 heterocycles. The summed E-state index contributed by atoms with van der Waals surface area (Å²) < 4.78 is 4.85. The van der Waals surface area contributed by atoms with Crippen molar-refractivity contribution in [3.05, 3.63) is 0 Å². The largest absolute Gasteiger partial charge is 0.383 e. The lowest BCUT2D eigenvalue weighted by Crippen LogP contribution is -2.40. The molecule has 0 saturated carbocycles. The Balaban J connectivity index is 3.40. The van der Waals surface area contributed by atoms with E-state index in [9.17, 15) is 4.79 Å². The molecular formula is C7H16N2O2. The molecule has 4 nitrogen and oxygen atoms in total. The van der Waals surface area contributed by atoms with Gasteiger partial charge in [0.1, 0.15) is 0 Å². The molecule has 0 rings (SSSR count). The molecule has 0 aromatic carbocycles. The first kappa shape index (κ1) is 10.4. The third-order valence-corrected chi connectivity index (χ3v) is 1.16. The summed E-state index contributed by atoms with van der Waals surface area (Å²) in [6, 6.07) is 0.0841. The number of amides is 1. The lowest BCUT2D eigenvalue weighted by atomic mass is 10.3. The van der Waals surface area contributed by atoms with Gasteiger partial charge in [-0.1, -0.05) is 0 Å². The van der Waals surface area contributed by atoms with Crippen LogP contribution in [0.3, 0.4) is 0 Å². The molecule has 0 aliphatic heterocycles. The van der Waals surface area contributed by atoms with E-state index in [0.29, 0.717) is 13.2 Å². The second-order valence-electron chi connectivity index (χ2n) is 2.45. The van der Waals surface area contributed by atoms with Crippen LogP contribution in [0, 0.1) is 0 Å². The fourth-order valence-electron chi connectivity index (χ4n) is 0.778. The lowest BCUT2D eigenvalue weighted by Gasteiger charge is -2.11. The predicted molar refractivity (Wildman–Crippen MR) is 43.4 cm³/mol. The summed E-state index contributed by atoms with van der Waals surface area (Å²) in [5.74, 6) is -0.00273. The van der Waals surface area contributed by atoms with Crippen LogP contribution in [0.15, 0.2) is 0 Å². The average molecular weight is 160 g/mol. The van der Waals surface area contributed by atoms with E-state index in [1.54, 1.807) is 14.2 Å². The summed E-state index contributed by atoms with van der Waals surface area (Å²) in [7, 11) is 3.35. The molecule has 0 aliphatic rings. The summed E-state index contributed by atoms with van der Waals surface area (Å²) in [6.07, 6.45) is 0. The maximum atomic E-state index is 10.9. The zero-order chi connectivity index (χ0) is 8.69. The number of likely N-dealkylation sites (N-methyl/N-ethyl adjacent to an activating group) is 1. The van der Waals surface area contributed by atoms with Gasteiger partial charge in [0.25, 0.3) is 0 Å². The Kier molecular flexibility index (Phi) is 5.78. The van der Waals surface area contributed by atoms with E-state index in [2.05, 4.69) is 10.6 Å². The number of carbonyl (C=O) groups is 1. The smallest absolute Gasteiger partial charge is 0.234 e. The highest BCUT2D eigenvalue weighted by Gasteiger charge is 2.04. The van der Waals surface area contributed by atoms with Crippen LogP contribution in [0.4, 0.5) is 0 Å².